The molecule has 0 aliphatic carbocycles. The van der Waals surface area contributed by atoms with Crippen LogP contribution in [-0.4, -0.2) is 14.7 Å². The van der Waals surface area contributed by atoms with Gasteiger partial charge in [0.1, 0.15) is 0 Å². The number of benzene rings is 2. The van der Waals surface area contributed by atoms with Gasteiger partial charge in [-0.25, -0.2) is 0 Å². The predicted octanol–water partition coefficient (Wildman–Crippen LogP) is 2.94. The van der Waals surface area contributed by atoms with E-state index in [1.165, 1.54) is 11.1 Å². The smallest absolute Gasteiger partial charge is 0.324 e. The summed E-state index contributed by atoms with van der Waals surface area (Å²) in [5, 5.41) is 0. The molecule has 0 aliphatic rings. The molecule has 0 saturated carbocycles. The van der Waals surface area contributed by atoms with Crippen LogP contribution in [-0.2, 0) is 0 Å². The Kier molecular flexibility index (Phi) is 6.26. The van der Waals surface area contributed by atoms with Crippen molar-refractivity contribution >= 4 is 14.2 Å². The van der Waals surface area contributed by atoms with Crippen LogP contribution in [0.2, 0.25) is 0 Å². The zero-order chi connectivity index (χ0) is 13.4. The Morgan fingerprint density at radius 3 is 1.28 bits per heavy atom. The van der Waals surface area contributed by atoms with E-state index >= 15 is 0 Å². The molecule has 0 spiro atoms. The summed E-state index contributed by atoms with van der Waals surface area (Å²) in [7, 11) is -2.62. The predicted molar refractivity (Wildman–Crippen MR) is 74.6 cm³/mol. The molecule has 0 amide bonds. The summed E-state index contributed by atoms with van der Waals surface area (Å²) in [4.78, 5) is 21.7. The first-order valence-corrected chi connectivity index (χ1v) is 6.47. The Hall–Kier alpha value is -1.51. The zero-order valence-corrected chi connectivity index (χ0v) is 10.7. The molecule has 0 bridgehead atoms. The molecule has 3 N–H and O–H groups in total. The molecule has 94 valence electrons. The van der Waals surface area contributed by atoms with Crippen molar-refractivity contribution in [3.63, 3.8) is 0 Å². The second-order valence-corrected chi connectivity index (χ2v) is 4.02. The highest BCUT2D eigenvalue weighted by molar-refractivity contribution is 7.38. The van der Waals surface area contributed by atoms with E-state index in [9.17, 15) is 0 Å². The van der Waals surface area contributed by atoms with Gasteiger partial charge >= 0.3 is 8.60 Å². The molecule has 0 aromatic heterocycles. The fraction of sp³-hybridized carbons (Fsp3) is 0. The summed E-state index contributed by atoms with van der Waals surface area (Å²) in [5.74, 6) is 0. The van der Waals surface area contributed by atoms with Gasteiger partial charge in [-0.1, -0.05) is 67.2 Å². The third kappa shape index (κ3) is 5.21. The number of rotatable bonds is 2. The Morgan fingerprint density at radius 1 is 0.722 bits per heavy atom. The average Bonchev–Trinajstić information content (AvgIpc) is 2.39. The van der Waals surface area contributed by atoms with Crippen molar-refractivity contribution in [3.8, 4) is 0 Å². The van der Waals surface area contributed by atoms with Crippen LogP contribution in [0.15, 0.2) is 67.2 Å². The van der Waals surface area contributed by atoms with E-state index in [0.717, 1.165) is 5.57 Å². The van der Waals surface area contributed by atoms with Crippen LogP contribution >= 0.6 is 8.60 Å². The molecule has 2 aromatic rings. The lowest BCUT2D eigenvalue weighted by molar-refractivity contribution is 0.368. The number of hydrogen-bond acceptors (Lipinski definition) is 3. The summed E-state index contributed by atoms with van der Waals surface area (Å²) in [6, 6.07) is 20.5. The minimum absolute atomic E-state index is 1.08. The van der Waals surface area contributed by atoms with Crippen molar-refractivity contribution in [2.45, 2.75) is 0 Å². The fourth-order valence-corrected chi connectivity index (χ4v) is 1.45. The van der Waals surface area contributed by atoms with Gasteiger partial charge in [0.2, 0.25) is 0 Å². The topological polar surface area (TPSA) is 60.7 Å². The molecular formula is C14H15O3P. The lowest BCUT2D eigenvalue weighted by atomic mass is 10.0. The second kappa shape index (κ2) is 7.75. The van der Waals surface area contributed by atoms with Crippen molar-refractivity contribution in [1.82, 2.24) is 0 Å². The van der Waals surface area contributed by atoms with Crippen molar-refractivity contribution in [2.24, 2.45) is 0 Å². The van der Waals surface area contributed by atoms with Crippen LogP contribution in [0, 0.1) is 0 Å². The molecule has 2 rings (SSSR count). The Morgan fingerprint density at radius 2 is 1.00 bits per heavy atom. The van der Waals surface area contributed by atoms with E-state index in [-0.39, 0.29) is 0 Å². The Balaban J connectivity index is 0.000000357. The maximum absolute atomic E-state index is 7.23. The quantitative estimate of drug-likeness (QED) is 0.729. The molecule has 3 nitrogen and oxygen atoms in total. The maximum Gasteiger partial charge on any atom is 0.324 e. The van der Waals surface area contributed by atoms with E-state index in [1.54, 1.807) is 0 Å². The molecule has 2 aromatic carbocycles. The van der Waals surface area contributed by atoms with Crippen molar-refractivity contribution < 1.29 is 14.7 Å². The van der Waals surface area contributed by atoms with E-state index in [0.29, 0.717) is 0 Å². The first-order valence-electron chi connectivity index (χ1n) is 5.27. The first kappa shape index (κ1) is 14.6. The monoisotopic (exact) mass is 262 g/mol. The SMILES string of the molecule is C=C(c1ccccc1)c1ccccc1.OP(O)O. The average molecular weight is 262 g/mol. The Bertz CT molecular complexity index is 425. The largest absolute Gasteiger partial charge is 0.328 e. The first-order chi connectivity index (χ1) is 8.61. The van der Waals surface area contributed by atoms with E-state index in [1.807, 2.05) is 36.4 Å². The molecule has 0 radical (unpaired) electrons. The van der Waals surface area contributed by atoms with E-state index in [4.69, 9.17) is 14.7 Å². The lowest BCUT2D eigenvalue weighted by Crippen LogP contribution is -1.84. The minimum Gasteiger partial charge on any atom is -0.328 e. The molecular weight excluding hydrogens is 247 g/mol. The van der Waals surface area contributed by atoms with Crippen LogP contribution in [0.5, 0.6) is 0 Å². The molecule has 0 aliphatic heterocycles. The van der Waals surface area contributed by atoms with Gasteiger partial charge in [0.15, 0.2) is 0 Å². The minimum atomic E-state index is -2.62. The van der Waals surface area contributed by atoms with Gasteiger partial charge in [-0.05, 0) is 16.7 Å². The number of hydrogen-bond donors (Lipinski definition) is 3. The van der Waals surface area contributed by atoms with E-state index < -0.39 is 8.60 Å². The Labute approximate surface area is 108 Å². The zero-order valence-electron chi connectivity index (χ0n) is 9.77. The highest BCUT2D eigenvalue weighted by Gasteiger charge is 1.99. The van der Waals surface area contributed by atoms with Crippen molar-refractivity contribution in [2.75, 3.05) is 0 Å². The summed E-state index contributed by atoms with van der Waals surface area (Å²) in [6.45, 7) is 4.10. The molecule has 0 saturated heterocycles. The van der Waals surface area contributed by atoms with Gasteiger partial charge in [-0.2, -0.15) is 0 Å². The molecule has 4 heteroatoms. The third-order valence-electron chi connectivity index (χ3n) is 2.24. The van der Waals surface area contributed by atoms with Crippen LogP contribution in [0.1, 0.15) is 11.1 Å². The summed E-state index contributed by atoms with van der Waals surface area (Å²) in [5.41, 5.74) is 3.43. The summed E-state index contributed by atoms with van der Waals surface area (Å²) < 4.78 is 0. The van der Waals surface area contributed by atoms with Gasteiger partial charge in [0, 0.05) is 0 Å². The van der Waals surface area contributed by atoms with Gasteiger partial charge in [-0.15, -0.1) is 0 Å². The summed E-state index contributed by atoms with van der Waals surface area (Å²) in [6.07, 6.45) is 0. The van der Waals surface area contributed by atoms with Crippen LogP contribution < -0.4 is 0 Å². The molecule has 0 atom stereocenters. The third-order valence-corrected chi connectivity index (χ3v) is 2.24. The van der Waals surface area contributed by atoms with Gasteiger partial charge in [0.05, 0.1) is 0 Å². The van der Waals surface area contributed by atoms with Crippen molar-refractivity contribution in [1.29, 1.82) is 0 Å². The fourth-order valence-electron chi connectivity index (χ4n) is 1.45. The lowest BCUT2D eigenvalue weighted by Gasteiger charge is -2.04. The highest BCUT2D eigenvalue weighted by Crippen LogP contribution is 2.20. The molecule has 0 unspecified atom stereocenters. The molecule has 0 heterocycles. The molecule has 0 fully saturated rings. The second-order valence-electron chi connectivity index (χ2n) is 3.48. The van der Waals surface area contributed by atoms with Gasteiger partial charge in [0.25, 0.3) is 0 Å². The van der Waals surface area contributed by atoms with E-state index in [2.05, 4.69) is 30.8 Å². The van der Waals surface area contributed by atoms with Gasteiger partial charge in [-0.3, -0.25) is 0 Å². The van der Waals surface area contributed by atoms with Crippen LogP contribution in [0.3, 0.4) is 0 Å². The van der Waals surface area contributed by atoms with Crippen LogP contribution in [0.4, 0.5) is 0 Å². The highest BCUT2D eigenvalue weighted by atomic mass is 31.2. The standard InChI is InChI=1S/C14H12.H3O3P/c1-12(13-8-4-2-5-9-13)14-10-6-3-7-11-14;1-4(2)3/h2-11H,1H2;1-3H. The molecule has 18 heavy (non-hydrogen) atoms. The maximum atomic E-state index is 7.23. The van der Waals surface area contributed by atoms with Crippen molar-refractivity contribution in [3.05, 3.63) is 78.4 Å². The normalized spacial score (nSPS) is 9.56. The van der Waals surface area contributed by atoms with Crippen LogP contribution in [0.25, 0.3) is 5.57 Å². The summed E-state index contributed by atoms with van der Waals surface area (Å²) >= 11 is 0. The van der Waals surface area contributed by atoms with Gasteiger partial charge < -0.3 is 14.7 Å².